The summed E-state index contributed by atoms with van der Waals surface area (Å²) in [4.78, 5) is 4.11. The second-order valence-corrected chi connectivity index (χ2v) is 4.21. The van der Waals surface area contributed by atoms with Crippen LogP contribution >= 0.6 is 0 Å². The standard InChI is InChI=1S/C15H17NO3/c1-11(17)12-5-3-7-14(9-12)19-10-13-6-4-8-16-15(13)18-2/h3-9,11,17H,10H2,1-2H3/t11-/m0/s1. The van der Waals surface area contributed by atoms with Crippen LogP contribution in [0.1, 0.15) is 24.2 Å². The summed E-state index contributed by atoms with van der Waals surface area (Å²) in [5.74, 6) is 1.28. The predicted octanol–water partition coefficient (Wildman–Crippen LogP) is 2.72. The SMILES string of the molecule is COc1ncccc1COc1cccc([C@H](C)O)c1. The number of aliphatic hydroxyl groups is 1. The van der Waals surface area contributed by atoms with Crippen molar-refractivity contribution in [1.29, 1.82) is 0 Å². The smallest absolute Gasteiger partial charge is 0.219 e. The molecule has 0 bridgehead atoms. The summed E-state index contributed by atoms with van der Waals surface area (Å²) in [6.07, 6.45) is 1.17. The number of hydrogen-bond donors (Lipinski definition) is 1. The van der Waals surface area contributed by atoms with E-state index < -0.39 is 6.10 Å². The van der Waals surface area contributed by atoms with Crippen molar-refractivity contribution in [3.8, 4) is 11.6 Å². The number of aromatic nitrogens is 1. The predicted molar refractivity (Wildman–Crippen MR) is 72.2 cm³/mol. The zero-order chi connectivity index (χ0) is 13.7. The zero-order valence-electron chi connectivity index (χ0n) is 11.0. The van der Waals surface area contributed by atoms with Crippen molar-refractivity contribution in [2.24, 2.45) is 0 Å². The number of methoxy groups -OCH3 is 1. The van der Waals surface area contributed by atoms with Crippen molar-refractivity contribution >= 4 is 0 Å². The van der Waals surface area contributed by atoms with E-state index in [4.69, 9.17) is 9.47 Å². The summed E-state index contributed by atoms with van der Waals surface area (Å²) in [6, 6.07) is 11.2. The van der Waals surface area contributed by atoms with E-state index in [0.29, 0.717) is 18.2 Å². The monoisotopic (exact) mass is 259 g/mol. The lowest BCUT2D eigenvalue weighted by molar-refractivity contribution is 0.198. The van der Waals surface area contributed by atoms with Gasteiger partial charge >= 0.3 is 0 Å². The Bertz CT molecular complexity index is 540. The van der Waals surface area contributed by atoms with Crippen molar-refractivity contribution < 1.29 is 14.6 Å². The highest BCUT2D eigenvalue weighted by Crippen LogP contribution is 2.21. The summed E-state index contributed by atoms with van der Waals surface area (Å²) in [5.41, 5.74) is 1.71. The van der Waals surface area contributed by atoms with Gasteiger partial charge in [-0.2, -0.15) is 0 Å². The Kier molecular flexibility index (Phi) is 4.36. The first-order chi connectivity index (χ1) is 9.20. The Morgan fingerprint density at radius 2 is 2.11 bits per heavy atom. The van der Waals surface area contributed by atoms with Crippen LogP contribution in [0.2, 0.25) is 0 Å². The number of nitrogens with zero attached hydrogens (tertiary/aromatic N) is 1. The van der Waals surface area contributed by atoms with Crippen LogP contribution in [0.4, 0.5) is 0 Å². The lowest BCUT2D eigenvalue weighted by Crippen LogP contribution is -2.00. The third-order valence-corrected chi connectivity index (χ3v) is 2.78. The average molecular weight is 259 g/mol. The molecule has 19 heavy (non-hydrogen) atoms. The second kappa shape index (κ2) is 6.20. The molecule has 0 spiro atoms. The summed E-state index contributed by atoms with van der Waals surface area (Å²) in [6.45, 7) is 2.10. The molecule has 1 aromatic carbocycles. The maximum absolute atomic E-state index is 9.53. The van der Waals surface area contributed by atoms with E-state index in [0.717, 1.165) is 11.1 Å². The van der Waals surface area contributed by atoms with Gasteiger partial charge in [-0.1, -0.05) is 12.1 Å². The van der Waals surface area contributed by atoms with Gasteiger partial charge < -0.3 is 14.6 Å². The van der Waals surface area contributed by atoms with Gasteiger partial charge in [-0.15, -0.1) is 0 Å². The molecule has 0 fully saturated rings. The minimum absolute atomic E-state index is 0.375. The highest BCUT2D eigenvalue weighted by atomic mass is 16.5. The van der Waals surface area contributed by atoms with Gasteiger partial charge in [-0.25, -0.2) is 4.98 Å². The molecule has 1 atom stereocenters. The molecule has 0 amide bonds. The number of pyridine rings is 1. The van der Waals surface area contributed by atoms with E-state index in [2.05, 4.69) is 4.98 Å². The maximum Gasteiger partial charge on any atom is 0.219 e. The lowest BCUT2D eigenvalue weighted by Gasteiger charge is -2.11. The van der Waals surface area contributed by atoms with Gasteiger partial charge in [0.15, 0.2) is 0 Å². The molecule has 0 aliphatic heterocycles. The van der Waals surface area contributed by atoms with Gasteiger partial charge in [-0.3, -0.25) is 0 Å². The first-order valence-electron chi connectivity index (χ1n) is 6.09. The fourth-order valence-electron chi connectivity index (χ4n) is 1.74. The number of ether oxygens (including phenoxy) is 2. The molecule has 0 aliphatic rings. The van der Waals surface area contributed by atoms with E-state index in [9.17, 15) is 5.11 Å². The molecule has 1 heterocycles. The molecule has 0 unspecified atom stereocenters. The summed E-state index contributed by atoms with van der Waals surface area (Å²) in [5, 5.41) is 9.53. The van der Waals surface area contributed by atoms with Crippen molar-refractivity contribution in [1.82, 2.24) is 4.98 Å². The van der Waals surface area contributed by atoms with Gasteiger partial charge in [0.2, 0.25) is 5.88 Å². The molecule has 0 radical (unpaired) electrons. The van der Waals surface area contributed by atoms with Crippen LogP contribution < -0.4 is 9.47 Å². The average Bonchev–Trinajstić information content (AvgIpc) is 2.45. The lowest BCUT2D eigenvalue weighted by atomic mass is 10.1. The largest absolute Gasteiger partial charge is 0.489 e. The minimum Gasteiger partial charge on any atom is -0.489 e. The Labute approximate surface area is 112 Å². The molecule has 100 valence electrons. The minimum atomic E-state index is -0.503. The Morgan fingerprint density at radius 1 is 1.26 bits per heavy atom. The van der Waals surface area contributed by atoms with Crippen molar-refractivity contribution in [2.75, 3.05) is 7.11 Å². The second-order valence-electron chi connectivity index (χ2n) is 4.21. The number of aliphatic hydroxyl groups excluding tert-OH is 1. The summed E-state index contributed by atoms with van der Waals surface area (Å²) >= 11 is 0. The summed E-state index contributed by atoms with van der Waals surface area (Å²) < 4.78 is 10.9. The number of hydrogen-bond acceptors (Lipinski definition) is 4. The molecular weight excluding hydrogens is 242 g/mol. The Morgan fingerprint density at radius 3 is 2.84 bits per heavy atom. The van der Waals surface area contributed by atoms with E-state index in [1.54, 1.807) is 20.2 Å². The van der Waals surface area contributed by atoms with Crippen LogP contribution in [0.15, 0.2) is 42.6 Å². The molecule has 0 aliphatic carbocycles. The van der Waals surface area contributed by atoms with Gasteiger partial charge in [0, 0.05) is 6.20 Å². The van der Waals surface area contributed by atoms with Crippen molar-refractivity contribution in [2.45, 2.75) is 19.6 Å². The molecule has 2 aromatic rings. The maximum atomic E-state index is 9.53. The molecule has 4 nitrogen and oxygen atoms in total. The normalized spacial score (nSPS) is 11.9. The van der Waals surface area contributed by atoms with E-state index in [-0.39, 0.29) is 0 Å². The molecular formula is C15H17NO3. The number of rotatable bonds is 5. The highest BCUT2D eigenvalue weighted by molar-refractivity contribution is 5.31. The van der Waals surface area contributed by atoms with Gasteiger partial charge in [0.25, 0.3) is 0 Å². The Hall–Kier alpha value is -2.07. The molecule has 1 aromatic heterocycles. The molecule has 4 heteroatoms. The third kappa shape index (κ3) is 3.45. The van der Waals surface area contributed by atoms with Crippen LogP contribution in [-0.4, -0.2) is 17.2 Å². The molecule has 0 saturated heterocycles. The number of benzene rings is 1. The quantitative estimate of drug-likeness (QED) is 0.897. The molecule has 2 rings (SSSR count). The van der Waals surface area contributed by atoms with Crippen molar-refractivity contribution in [3.05, 3.63) is 53.7 Å². The first-order valence-corrected chi connectivity index (χ1v) is 6.09. The Balaban J connectivity index is 2.08. The topological polar surface area (TPSA) is 51.6 Å². The van der Waals surface area contributed by atoms with Crippen LogP contribution in [0.5, 0.6) is 11.6 Å². The van der Waals surface area contributed by atoms with Gasteiger partial charge in [-0.05, 0) is 36.8 Å². The first kappa shape index (κ1) is 13.4. The van der Waals surface area contributed by atoms with E-state index in [1.165, 1.54) is 0 Å². The van der Waals surface area contributed by atoms with Crippen LogP contribution in [-0.2, 0) is 6.61 Å². The highest BCUT2D eigenvalue weighted by Gasteiger charge is 2.06. The van der Waals surface area contributed by atoms with Crippen LogP contribution in [0.3, 0.4) is 0 Å². The van der Waals surface area contributed by atoms with Gasteiger partial charge in [0.1, 0.15) is 12.4 Å². The van der Waals surface area contributed by atoms with Crippen LogP contribution in [0, 0.1) is 0 Å². The summed E-state index contributed by atoms with van der Waals surface area (Å²) in [7, 11) is 1.58. The zero-order valence-corrected chi connectivity index (χ0v) is 11.0. The fourth-order valence-corrected chi connectivity index (χ4v) is 1.74. The van der Waals surface area contributed by atoms with Crippen molar-refractivity contribution in [3.63, 3.8) is 0 Å². The van der Waals surface area contributed by atoms with E-state index in [1.807, 2.05) is 36.4 Å². The molecule has 1 N–H and O–H groups in total. The third-order valence-electron chi connectivity index (χ3n) is 2.78. The molecule has 0 saturated carbocycles. The fraction of sp³-hybridized carbons (Fsp3) is 0.267. The van der Waals surface area contributed by atoms with Crippen LogP contribution in [0.25, 0.3) is 0 Å². The van der Waals surface area contributed by atoms with Gasteiger partial charge in [0.05, 0.1) is 18.8 Å². The van der Waals surface area contributed by atoms with E-state index >= 15 is 0 Å².